The van der Waals surface area contributed by atoms with Crippen molar-refractivity contribution in [2.45, 2.75) is 25.4 Å². The van der Waals surface area contributed by atoms with Crippen LogP contribution in [0.25, 0.3) is 0 Å². The summed E-state index contributed by atoms with van der Waals surface area (Å²) in [6.45, 7) is 4.64. The lowest BCUT2D eigenvalue weighted by Crippen LogP contribution is -2.38. The Balaban J connectivity index is 1.96. The Labute approximate surface area is 138 Å². The van der Waals surface area contributed by atoms with E-state index in [9.17, 15) is 0 Å². The number of rotatable bonds is 2. The number of hydrogen-bond donors (Lipinski definition) is 0. The smallest absolute Gasteiger partial charge is 0.0808 e. The first-order valence-electron chi connectivity index (χ1n) is 8.18. The van der Waals surface area contributed by atoms with Crippen LogP contribution in [-0.4, -0.2) is 0 Å². The average molecular weight is 299 g/mol. The molecular formula is C22H21N. The Bertz CT molecular complexity index is 806. The van der Waals surface area contributed by atoms with Crippen molar-refractivity contribution in [1.29, 1.82) is 0 Å². The third-order valence-electron chi connectivity index (χ3n) is 4.92. The molecule has 1 atom stereocenters. The van der Waals surface area contributed by atoms with Gasteiger partial charge in [0.1, 0.15) is 0 Å². The van der Waals surface area contributed by atoms with Gasteiger partial charge in [0, 0.05) is 5.69 Å². The molecule has 0 radical (unpaired) electrons. The first-order valence-corrected chi connectivity index (χ1v) is 8.18. The molecule has 23 heavy (non-hydrogen) atoms. The first kappa shape index (κ1) is 14.1. The predicted molar refractivity (Wildman–Crippen MR) is 96.7 cm³/mol. The van der Waals surface area contributed by atoms with E-state index < -0.39 is 0 Å². The van der Waals surface area contributed by atoms with E-state index in [2.05, 4.69) is 104 Å². The van der Waals surface area contributed by atoms with Crippen molar-refractivity contribution in [2.24, 2.45) is 0 Å². The minimum Gasteiger partial charge on any atom is -0.351 e. The van der Waals surface area contributed by atoms with E-state index in [4.69, 9.17) is 0 Å². The molecule has 114 valence electrons. The van der Waals surface area contributed by atoms with Crippen LogP contribution < -0.4 is 4.90 Å². The summed E-state index contributed by atoms with van der Waals surface area (Å²) in [5, 5.41) is 0. The summed E-state index contributed by atoms with van der Waals surface area (Å²) in [5.41, 5.74) is 5.39. The first-order chi connectivity index (χ1) is 11.2. The summed E-state index contributed by atoms with van der Waals surface area (Å²) in [5.74, 6) is 0. The van der Waals surface area contributed by atoms with Gasteiger partial charge in [-0.15, -0.1) is 0 Å². The van der Waals surface area contributed by atoms with Crippen LogP contribution >= 0.6 is 0 Å². The van der Waals surface area contributed by atoms with Gasteiger partial charge in [-0.25, -0.2) is 0 Å². The van der Waals surface area contributed by atoms with Gasteiger partial charge in [-0.1, -0.05) is 72.8 Å². The van der Waals surface area contributed by atoms with E-state index in [0.29, 0.717) is 0 Å². The van der Waals surface area contributed by atoms with Crippen LogP contribution in [0.15, 0.2) is 84.9 Å². The number of fused-ring (bicyclic) bond motifs is 1. The van der Waals surface area contributed by atoms with Crippen LogP contribution in [0.2, 0.25) is 0 Å². The normalized spacial score (nSPS) is 18.7. The van der Waals surface area contributed by atoms with E-state index >= 15 is 0 Å². The highest BCUT2D eigenvalue weighted by Crippen LogP contribution is 2.50. The van der Waals surface area contributed by atoms with Crippen LogP contribution in [-0.2, 0) is 5.54 Å². The molecule has 0 bridgehead atoms. The fourth-order valence-corrected chi connectivity index (χ4v) is 3.91. The summed E-state index contributed by atoms with van der Waals surface area (Å²) in [6, 6.07) is 30.7. The fraction of sp³-hybridized carbons (Fsp3) is 0.182. The maximum Gasteiger partial charge on any atom is 0.0808 e. The van der Waals surface area contributed by atoms with Gasteiger partial charge >= 0.3 is 0 Å². The molecular weight excluding hydrogens is 278 g/mol. The van der Waals surface area contributed by atoms with Crippen LogP contribution in [0.1, 0.15) is 36.6 Å². The summed E-state index contributed by atoms with van der Waals surface area (Å²) in [6.07, 6.45) is 0. The van der Waals surface area contributed by atoms with E-state index in [-0.39, 0.29) is 11.6 Å². The molecule has 3 aromatic rings. The topological polar surface area (TPSA) is 3.24 Å². The third kappa shape index (κ3) is 2.16. The third-order valence-corrected chi connectivity index (χ3v) is 4.92. The highest BCUT2D eigenvalue weighted by Gasteiger charge is 2.44. The molecule has 1 nitrogen and oxygen atoms in total. The number of hydrogen-bond acceptors (Lipinski definition) is 1. The standard InChI is InChI=1S/C22H21N/c1-22(2)20-16-10-9-15-19(20)21(17-11-5-3-6-12-17)23(22)18-13-7-4-8-14-18/h3-16,21H,1-2H3. The second kappa shape index (κ2) is 5.27. The number of benzene rings is 3. The number of anilines is 1. The highest BCUT2D eigenvalue weighted by molar-refractivity contribution is 5.62. The zero-order valence-corrected chi connectivity index (χ0v) is 13.6. The van der Waals surface area contributed by atoms with Gasteiger partial charge in [0.2, 0.25) is 0 Å². The van der Waals surface area contributed by atoms with Gasteiger partial charge in [-0.2, -0.15) is 0 Å². The number of nitrogens with zero attached hydrogens (tertiary/aromatic N) is 1. The van der Waals surface area contributed by atoms with Crippen LogP contribution in [0, 0.1) is 0 Å². The average Bonchev–Trinajstić information content (AvgIpc) is 2.84. The minimum absolute atomic E-state index is 0.0432. The molecule has 0 aliphatic carbocycles. The van der Waals surface area contributed by atoms with Crippen molar-refractivity contribution < 1.29 is 0 Å². The molecule has 1 heteroatoms. The van der Waals surface area contributed by atoms with Gasteiger partial charge in [0.15, 0.2) is 0 Å². The minimum atomic E-state index is -0.0432. The Morgan fingerprint density at radius 1 is 0.696 bits per heavy atom. The summed E-state index contributed by atoms with van der Waals surface area (Å²) in [4.78, 5) is 2.55. The summed E-state index contributed by atoms with van der Waals surface area (Å²) >= 11 is 0. The van der Waals surface area contributed by atoms with Crippen molar-refractivity contribution in [3.05, 3.63) is 102 Å². The van der Waals surface area contributed by atoms with Gasteiger partial charge in [0.05, 0.1) is 11.6 Å². The zero-order valence-electron chi connectivity index (χ0n) is 13.6. The Morgan fingerprint density at radius 3 is 1.96 bits per heavy atom. The molecule has 4 rings (SSSR count). The summed E-state index contributed by atoms with van der Waals surface area (Å²) < 4.78 is 0. The Kier molecular flexibility index (Phi) is 3.23. The molecule has 1 heterocycles. The van der Waals surface area contributed by atoms with E-state index in [1.807, 2.05) is 0 Å². The number of para-hydroxylation sites is 1. The lowest BCUT2D eigenvalue weighted by Gasteiger charge is -2.39. The molecule has 0 aromatic heterocycles. The zero-order chi connectivity index (χ0) is 15.9. The molecule has 1 unspecified atom stereocenters. The Morgan fingerprint density at radius 2 is 1.26 bits per heavy atom. The maximum absolute atomic E-state index is 2.55. The van der Waals surface area contributed by atoms with Gasteiger partial charge < -0.3 is 4.90 Å². The molecule has 0 saturated carbocycles. The van der Waals surface area contributed by atoms with Crippen molar-refractivity contribution in [2.75, 3.05) is 4.90 Å². The summed E-state index contributed by atoms with van der Waals surface area (Å²) in [7, 11) is 0. The maximum atomic E-state index is 2.55. The largest absolute Gasteiger partial charge is 0.351 e. The van der Waals surface area contributed by atoms with Gasteiger partial charge in [0.25, 0.3) is 0 Å². The second-order valence-electron chi connectivity index (χ2n) is 6.67. The molecule has 0 fully saturated rings. The SMILES string of the molecule is CC1(C)c2ccccc2C(c2ccccc2)N1c1ccccc1. The molecule has 3 aromatic carbocycles. The molecule has 0 saturated heterocycles. The van der Waals surface area contributed by atoms with E-state index in [1.54, 1.807) is 0 Å². The highest BCUT2D eigenvalue weighted by atomic mass is 15.2. The molecule has 1 aliphatic rings. The van der Waals surface area contributed by atoms with Crippen molar-refractivity contribution in [3.63, 3.8) is 0 Å². The molecule has 1 aliphatic heterocycles. The lowest BCUT2D eigenvalue weighted by molar-refractivity contribution is 0.497. The van der Waals surface area contributed by atoms with Crippen LogP contribution in [0.5, 0.6) is 0 Å². The monoisotopic (exact) mass is 299 g/mol. The van der Waals surface area contributed by atoms with Crippen molar-refractivity contribution >= 4 is 5.69 Å². The van der Waals surface area contributed by atoms with Gasteiger partial charge in [-0.05, 0) is 42.7 Å². The van der Waals surface area contributed by atoms with Crippen LogP contribution in [0.3, 0.4) is 0 Å². The fourth-order valence-electron chi connectivity index (χ4n) is 3.91. The van der Waals surface area contributed by atoms with Crippen molar-refractivity contribution in [1.82, 2.24) is 0 Å². The van der Waals surface area contributed by atoms with Crippen molar-refractivity contribution in [3.8, 4) is 0 Å². The quantitative estimate of drug-likeness (QED) is 0.601. The molecule has 0 amide bonds. The molecule has 0 N–H and O–H groups in total. The predicted octanol–water partition coefficient (Wildman–Crippen LogP) is 5.53. The second-order valence-corrected chi connectivity index (χ2v) is 6.67. The van der Waals surface area contributed by atoms with E-state index in [1.165, 1.54) is 22.4 Å². The van der Waals surface area contributed by atoms with Gasteiger partial charge in [-0.3, -0.25) is 0 Å². The Hall–Kier alpha value is -2.54. The van der Waals surface area contributed by atoms with E-state index in [0.717, 1.165) is 0 Å². The lowest BCUT2D eigenvalue weighted by atomic mass is 9.92. The molecule has 0 spiro atoms. The van der Waals surface area contributed by atoms with Crippen LogP contribution in [0.4, 0.5) is 5.69 Å².